The van der Waals surface area contributed by atoms with Gasteiger partial charge in [-0.15, -0.1) is 11.3 Å². The van der Waals surface area contributed by atoms with E-state index in [9.17, 15) is 5.11 Å². The summed E-state index contributed by atoms with van der Waals surface area (Å²) in [5, 5.41) is 17.4. The van der Waals surface area contributed by atoms with Crippen molar-refractivity contribution in [2.45, 2.75) is 13.2 Å². The summed E-state index contributed by atoms with van der Waals surface area (Å²) in [6.45, 7) is 6.75. The molecular weight excluding hydrogens is 487 g/mol. The van der Waals surface area contributed by atoms with Crippen molar-refractivity contribution in [1.29, 1.82) is 0 Å². The number of aliphatic hydroxyl groups excluding tert-OH is 1. The molecule has 0 spiro atoms. The van der Waals surface area contributed by atoms with Crippen LogP contribution in [-0.2, 0) is 0 Å². The molecule has 1 aliphatic heterocycles. The van der Waals surface area contributed by atoms with Crippen molar-refractivity contribution in [2.75, 3.05) is 37.2 Å². The Bertz CT molecular complexity index is 907. The first-order valence-corrected chi connectivity index (χ1v) is 11.7. The Morgan fingerprint density at radius 3 is 2.79 bits per heavy atom. The van der Waals surface area contributed by atoms with Crippen LogP contribution < -0.4 is 0 Å². The van der Waals surface area contributed by atoms with Gasteiger partial charge in [0.1, 0.15) is 6.23 Å². The first-order chi connectivity index (χ1) is 13.7. The zero-order chi connectivity index (χ0) is 19.5. The Morgan fingerprint density at radius 2 is 2.07 bits per heavy atom. The summed E-state index contributed by atoms with van der Waals surface area (Å²) >= 11 is 4.05. The summed E-state index contributed by atoms with van der Waals surface area (Å²) in [5.74, 6) is 0.522. The van der Waals surface area contributed by atoms with Crippen molar-refractivity contribution in [1.82, 2.24) is 29.5 Å². The minimum absolute atomic E-state index is 0.522. The molecule has 1 fully saturated rings. The topological polar surface area (TPSA) is 70.3 Å². The normalized spacial score (nSPS) is 17.1. The standard InChI is InChI=1S/C19H23IN6OS/c1-14-15(18(27)25-10-8-24(7-5-20)9-11-25)13-22-26(14)19-21-6-4-16(23-19)17-3-2-12-28-17/h2-4,6,12-13,18,27H,5,7-11H2,1H3. The number of piperazine rings is 1. The molecule has 4 heterocycles. The largest absolute Gasteiger partial charge is 0.374 e. The number of rotatable bonds is 6. The molecule has 0 bridgehead atoms. The fourth-order valence-electron chi connectivity index (χ4n) is 3.44. The van der Waals surface area contributed by atoms with Crippen LogP contribution in [0.5, 0.6) is 0 Å². The van der Waals surface area contributed by atoms with Gasteiger partial charge in [-0.25, -0.2) is 14.6 Å². The molecule has 1 atom stereocenters. The summed E-state index contributed by atoms with van der Waals surface area (Å²) in [6.07, 6.45) is 2.83. The van der Waals surface area contributed by atoms with Gasteiger partial charge in [0.25, 0.3) is 5.95 Å². The Balaban J connectivity index is 1.53. The van der Waals surface area contributed by atoms with E-state index in [4.69, 9.17) is 0 Å². The van der Waals surface area contributed by atoms with Gasteiger partial charge in [0.05, 0.1) is 22.5 Å². The first-order valence-electron chi connectivity index (χ1n) is 9.29. The molecule has 1 unspecified atom stereocenters. The molecule has 0 amide bonds. The second-order valence-electron chi connectivity index (χ2n) is 6.76. The van der Waals surface area contributed by atoms with Crippen LogP contribution in [0.3, 0.4) is 0 Å². The van der Waals surface area contributed by atoms with Crippen molar-refractivity contribution < 1.29 is 5.11 Å². The Hall–Kier alpha value is -1.40. The van der Waals surface area contributed by atoms with Crippen LogP contribution in [0.2, 0.25) is 0 Å². The second kappa shape index (κ2) is 8.95. The second-order valence-corrected chi connectivity index (χ2v) is 8.78. The van der Waals surface area contributed by atoms with E-state index < -0.39 is 6.23 Å². The van der Waals surface area contributed by atoms with Gasteiger partial charge >= 0.3 is 0 Å². The average molecular weight is 510 g/mol. The summed E-state index contributed by atoms with van der Waals surface area (Å²) in [5.41, 5.74) is 2.56. The van der Waals surface area contributed by atoms with Crippen LogP contribution in [0.15, 0.2) is 36.0 Å². The molecular formula is C19H23IN6OS. The molecule has 28 heavy (non-hydrogen) atoms. The molecule has 4 rings (SSSR count). The minimum atomic E-state index is -0.656. The zero-order valence-electron chi connectivity index (χ0n) is 15.7. The van der Waals surface area contributed by atoms with E-state index in [1.165, 1.54) is 0 Å². The van der Waals surface area contributed by atoms with Crippen LogP contribution >= 0.6 is 33.9 Å². The summed E-state index contributed by atoms with van der Waals surface area (Å²) in [4.78, 5) is 14.7. The molecule has 7 nitrogen and oxygen atoms in total. The van der Waals surface area contributed by atoms with Gasteiger partial charge in [-0.05, 0) is 24.4 Å². The van der Waals surface area contributed by atoms with E-state index in [1.54, 1.807) is 28.4 Å². The van der Waals surface area contributed by atoms with Gasteiger partial charge < -0.3 is 10.0 Å². The van der Waals surface area contributed by atoms with E-state index in [-0.39, 0.29) is 0 Å². The highest BCUT2D eigenvalue weighted by Crippen LogP contribution is 2.25. The highest BCUT2D eigenvalue weighted by atomic mass is 127. The molecule has 0 aliphatic carbocycles. The maximum absolute atomic E-state index is 10.9. The lowest BCUT2D eigenvalue weighted by Crippen LogP contribution is -2.48. The molecule has 1 saturated heterocycles. The lowest BCUT2D eigenvalue weighted by molar-refractivity contribution is -0.0265. The van der Waals surface area contributed by atoms with E-state index in [0.29, 0.717) is 5.95 Å². The lowest BCUT2D eigenvalue weighted by atomic mass is 10.2. The molecule has 9 heteroatoms. The Morgan fingerprint density at radius 1 is 1.25 bits per heavy atom. The van der Waals surface area contributed by atoms with E-state index in [0.717, 1.165) is 59.0 Å². The maximum atomic E-state index is 10.9. The summed E-state index contributed by atoms with van der Waals surface area (Å²) in [7, 11) is 0. The van der Waals surface area contributed by atoms with Crippen LogP contribution in [0.4, 0.5) is 0 Å². The number of aromatic nitrogens is 4. The monoisotopic (exact) mass is 510 g/mol. The summed E-state index contributed by atoms with van der Waals surface area (Å²) in [6, 6.07) is 5.95. The van der Waals surface area contributed by atoms with E-state index >= 15 is 0 Å². The predicted molar refractivity (Wildman–Crippen MR) is 119 cm³/mol. The van der Waals surface area contributed by atoms with Gasteiger partial charge in [-0.2, -0.15) is 5.10 Å². The van der Waals surface area contributed by atoms with Crippen LogP contribution in [0.1, 0.15) is 17.5 Å². The smallest absolute Gasteiger partial charge is 0.251 e. The number of alkyl halides is 1. The van der Waals surface area contributed by atoms with Gasteiger partial charge in [-0.3, -0.25) is 4.90 Å². The molecule has 3 aromatic heterocycles. The highest BCUT2D eigenvalue weighted by molar-refractivity contribution is 14.1. The molecule has 0 radical (unpaired) electrons. The molecule has 0 saturated carbocycles. The molecule has 1 aliphatic rings. The van der Waals surface area contributed by atoms with Crippen molar-refractivity contribution >= 4 is 33.9 Å². The third kappa shape index (κ3) is 4.13. The lowest BCUT2D eigenvalue weighted by Gasteiger charge is -2.36. The average Bonchev–Trinajstić information content (AvgIpc) is 3.38. The SMILES string of the molecule is Cc1c(C(O)N2CCN(CCI)CC2)cnn1-c1nccc(-c2cccs2)n1. The maximum Gasteiger partial charge on any atom is 0.251 e. The van der Waals surface area contributed by atoms with Crippen molar-refractivity contribution in [3.05, 3.63) is 47.2 Å². The zero-order valence-corrected chi connectivity index (χ0v) is 18.7. The molecule has 3 aromatic rings. The number of hydrogen-bond acceptors (Lipinski definition) is 7. The van der Waals surface area contributed by atoms with Crippen molar-refractivity contribution in [3.63, 3.8) is 0 Å². The van der Waals surface area contributed by atoms with Crippen LogP contribution in [0, 0.1) is 6.92 Å². The molecule has 0 aromatic carbocycles. The number of nitrogens with zero attached hydrogens (tertiary/aromatic N) is 6. The van der Waals surface area contributed by atoms with E-state index in [1.807, 2.05) is 30.5 Å². The first kappa shape index (κ1) is 19.9. The van der Waals surface area contributed by atoms with E-state index in [2.05, 4.69) is 47.5 Å². The Kier molecular flexibility index (Phi) is 6.36. The van der Waals surface area contributed by atoms with Gasteiger partial charge in [0, 0.05) is 48.9 Å². The number of hydrogen-bond donors (Lipinski definition) is 1. The number of aliphatic hydroxyl groups is 1. The third-order valence-electron chi connectivity index (χ3n) is 5.09. The van der Waals surface area contributed by atoms with Crippen LogP contribution in [-0.4, -0.2) is 71.8 Å². The highest BCUT2D eigenvalue weighted by Gasteiger charge is 2.26. The molecule has 1 N–H and O–H groups in total. The van der Waals surface area contributed by atoms with Gasteiger partial charge in [-0.1, -0.05) is 28.7 Å². The number of thiophene rings is 1. The van der Waals surface area contributed by atoms with Gasteiger partial charge in [0.15, 0.2) is 0 Å². The number of halogens is 1. The minimum Gasteiger partial charge on any atom is -0.374 e. The Labute approximate surface area is 182 Å². The fourth-order valence-corrected chi connectivity index (χ4v) is 4.81. The van der Waals surface area contributed by atoms with Crippen molar-refractivity contribution in [3.8, 4) is 16.5 Å². The predicted octanol–water partition coefficient (Wildman–Crippen LogP) is 2.74. The molecule has 148 valence electrons. The fraction of sp³-hybridized carbons (Fsp3) is 0.421. The third-order valence-corrected chi connectivity index (χ3v) is 6.46. The van der Waals surface area contributed by atoms with Gasteiger partial charge in [0.2, 0.25) is 0 Å². The van der Waals surface area contributed by atoms with Crippen molar-refractivity contribution in [2.24, 2.45) is 0 Å². The van der Waals surface area contributed by atoms with Crippen LogP contribution in [0.25, 0.3) is 16.5 Å². The summed E-state index contributed by atoms with van der Waals surface area (Å²) < 4.78 is 2.85. The quantitative estimate of drug-likeness (QED) is 0.407.